The Balaban J connectivity index is 2.18. The maximum atomic E-state index is 5.45. The molecule has 1 radical (unpaired) electrons. The van der Waals surface area contributed by atoms with Gasteiger partial charge in [-0.3, -0.25) is 0 Å². The zero-order valence-electron chi connectivity index (χ0n) is 5.97. The van der Waals surface area contributed by atoms with E-state index in [2.05, 4.69) is 0 Å². The fraction of sp³-hybridized carbons (Fsp3) is 0.875. The van der Waals surface area contributed by atoms with E-state index in [1.165, 1.54) is 38.5 Å². The van der Waals surface area contributed by atoms with Crippen LogP contribution in [0.1, 0.15) is 38.5 Å². The van der Waals surface area contributed by atoms with Gasteiger partial charge in [-0.25, -0.2) is 0 Å². The second-order valence-electron chi connectivity index (χ2n) is 2.94. The highest BCUT2D eigenvalue weighted by Crippen LogP contribution is 2.22. The van der Waals surface area contributed by atoms with Crippen LogP contribution in [-0.2, 0) is 0 Å². The van der Waals surface area contributed by atoms with E-state index in [1.54, 1.807) is 0 Å². The maximum Gasteiger partial charge on any atom is 0.0223 e. The SMILES string of the molecule is N[CH]C1CCCCCC1. The molecule has 1 fully saturated rings. The summed E-state index contributed by atoms with van der Waals surface area (Å²) in [7, 11) is 0. The molecule has 0 bridgehead atoms. The van der Waals surface area contributed by atoms with Gasteiger partial charge in [0.15, 0.2) is 0 Å². The fourth-order valence-corrected chi connectivity index (χ4v) is 1.50. The highest BCUT2D eigenvalue weighted by Gasteiger charge is 2.09. The summed E-state index contributed by atoms with van der Waals surface area (Å²) in [5, 5.41) is 0. The molecule has 0 aliphatic heterocycles. The molecule has 0 amide bonds. The number of hydrogen-bond donors (Lipinski definition) is 1. The standard InChI is InChI=1S/C8H16N/c9-7-8-5-3-1-2-4-6-8/h7-8H,1-6,9H2. The Morgan fingerprint density at radius 2 is 1.56 bits per heavy atom. The third-order valence-corrected chi connectivity index (χ3v) is 2.17. The Morgan fingerprint density at radius 3 is 2.00 bits per heavy atom. The summed E-state index contributed by atoms with van der Waals surface area (Å²) in [5.74, 6) is 0.729. The van der Waals surface area contributed by atoms with Gasteiger partial charge in [-0.15, -0.1) is 0 Å². The summed E-state index contributed by atoms with van der Waals surface area (Å²) in [6, 6.07) is 0. The van der Waals surface area contributed by atoms with Gasteiger partial charge in [-0.2, -0.15) is 0 Å². The minimum absolute atomic E-state index is 0.729. The van der Waals surface area contributed by atoms with Crippen molar-refractivity contribution >= 4 is 0 Å². The Kier molecular flexibility index (Phi) is 3.05. The molecule has 0 aromatic rings. The van der Waals surface area contributed by atoms with Gasteiger partial charge in [-0.1, -0.05) is 25.7 Å². The van der Waals surface area contributed by atoms with Crippen LogP contribution in [0.3, 0.4) is 0 Å². The monoisotopic (exact) mass is 126 g/mol. The van der Waals surface area contributed by atoms with E-state index in [0.29, 0.717) is 0 Å². The third-order valence-electron chi connectivity index (χ3n) is 2.17. The molecule has 1 nitrogen and oxygen atoms in total. The first kappa shape index (κ1) is 7.07. The lowest BCUT2D eigenvalue weighted by Gasteiger charge is -2.07. The quantitative estimate of drug-likeness (QED) is 0.535. The first-order valence-corrected chi connectivity index (χ1v) is 3.98. The molecule has 1 heteroatoms. The van der Waals surface area contributed by atoms with Crippen LogP contribution in [0.15, 0.2) is 0 Å². The predicted octanol–water partition coefficient (Wildman–Crippen LogP) is 2.08. The van der Waals surface area contributed by atoms with Crippen molar-refractivity contribution in [2.24, 2.45) is 11.7 Å². The van der Waals surface area contributed by atoms with Crippen molar-refractivity contribution in [3.05, 3.63) is 6.54 Å². The number of nitrogens with two attached hydrogens (primary N) is 1. The van der Waals surface area contributed by atoms with Crippen LogP contribution < -0.4 is 5.73 Å². The van der Waals surface area contributed by atoms with Gasteiger partial charge in [0, 0.05) is 6.54 Å². The van der Waals surface area contributed by atoms with E-state index in [4.69, 9.17) is 5.73 Å². The van der Waals surface area contributed by atoms with Gasteiger partial charge in [0.1, 0.15) is 0 Å². The van der Waals surface area contributed by atoms with E-state index in [1.807, 2.05) is 6.54 Å². The average Bonchev–Trinajstić information content (AvgIpc) is 2.13. The second-order valence-corrected chi connectivity index (χ2v) is 2.94. The molecule has 0 spiro atoms. The highest BCUT2D eigenvalue weighted by molar-refractivity contribution is 4.72. The zero-order valence-corrected chi connectivity index (χ0v) is 5.97. The molecule has 1 rings (SSSR count). The molecule has 0 aromatic carbocycles. The maximum absolute atomic E-state index is 5.45. The van der Waals surface area contributed by atoms with Crippen LogP contribution in [0.2, 0.25) is 0 Å². The molecule has 0 heterocycles. The van der Waals surface area contributed by atoms with Crippen LogP contribution in [-0.4, -0.2) is 0 Å². The highest BCUT2D eigenvalue weighted by atomic mass is 14.5. The molecule has 53 valence electrons. The zero-order chi connectivity index (χ0) is 6.53. The first-order valence-electron chi connectivity index (χ1n) is 3.98. The molecule has 1 aliphatic carbocycles. The molecule has 0 unspecified atom stereocenters. The average molecular weight is 126 g/mol. The number of hydrogen-bond acceptors (Lipinski definition) is 1. The molecule has 1 aliphatic rings. The Morgan fingerprint density at radius 1 is 1.00 bits per heavy atom. The topological polar surface area (TPSA) is 26.0 Å². The smallest absolute Gasteiger partial charge is 0.0223 e. The normalized spacial score (nSPS) is 23.7. The van der Waals surface area contributed by atoms with Gasteiger partial charge in [0.2, 0.25) is 0 Å². The summed E-state index contributed by atoms with van der Waals surface area (Å²) < 4.78 is 0. The third kappa shape index (κ3) is 2.35. The van der Waals surface area contributed by atoms with Crippen LogP contribution >= 0.6 is 0 Å². The van der Waals surface area contributed by atoms with Crippen molar-refractivity contribution in [3.8, 4) is 0 Å². The Labute approximate surface area is 57.6 Å². The Bertz CT molecular complexity index is 63.0. The van der Waals surface area contributed by atoms with Crippen molar-refractivity contribution in [1.82, 2.24) is 0 Å². The van der Waals surface area contributed by atoms with E-state index in [0.717, 1.165) is 5.92 Å². The molecule has 0 aromatic heterocycles. The Hall–Kier alpha value is -0.0400. The number of rotatable bonds is 1. The van der Waals surface area contributed by atoms with Crippen LogP contribution in [0.4, 0.5) is 0 Å². The van der Waals surface area contributed by atoms with Crippen molar-refractivity contribution in [1.29, 1.82) is 0 Å². The van der Waals surface area contributed by atoms with Crippen molar-refractivity contribution in [2.45, 2.75) is 38.5 Å². The van der Waals surface area contributed by atoms with Crippen molar-refractivity contribution in [3.63, 3.8) is 0 Å². The van der Waals surface area contributed by atoms with Gasteiger partial charge in [-0.05, 0) is 18.8 Å². The van der Waals surface area contributed by atoms with Gasteiger partial charge in [0.05, 0.1) is 0 Å². The molecule has 9 heavy (non-hydrogen) atoms. The predicted molar refractivity (Wildman–Crippen MR) is 39.7 cm³/mol. The summed E-state index contributed by atoms with van der Waals surface area (Å²) >= 11 is 0. The van der Waals surface area contributed by atoms with Crippen molar-refractivity contribution < 1.29 is 0 Å². The lowest BCUT2D eigenvalue weighted by molar-refractivity contribution is 0.519. The van der Waals surface area contributed by atoms with Gasteiger partial charge in [0.25, 0.3) is 0 Å². The minimum atomic E-state index is 0.729. The first-order chi connectivity index (χ1) is 4.43. The van der Waals surface area contributed by atoms with Crippen LogP contribution in [0.5, 0.6) is 0 Å². The van der Waals surface area contributed by atoms with Crippen molar-refractivity contribution in [2.75, 3.05) is 0 Å². The second kappa shape index (κ2) is 3.89. The summed E-state index contributed by atoms with van der Waals surface area (Å²) in [6.45, 7) is 1.88. The summed E-state index contributed by atoms with van der Waals surface area (Å²) in [6.07, 6.45) is 8.28. The van der Waals surface area contributed by atoms with E-state index in [-0.39, 0.29) is 0 Å². The molecule has 2 N–H and O–H groups in total. The van der Waals surface area contributed by atoms with Gasteiger partial charge < -0.3 is 5.73 Å². The molecular weight excluding hydrogens is 110 g/mol. The molecule has 0 atom stereocenters. The molecule has 0 saturated heterocycles. The van der Waals surface area contributed by atoms with Crippen LogP contribution in [0, 0.1) is 12.5 Å². The largest absolute Gasteiger partial charge is 0.326 e. The minimum Gasteiger partial charge on any atom is -0.326 e. The fourth-order valence-electron chi connectivity index (χ4n) is 1.50. The van der Waals surface area contributed by atoms with E-state index < -0.39 is 0 Å². The van der Waals surface area contributed by atoms with Gasteiger partial charge >= 0.3 is 0 Å². The van der Waals surface area contributed by atoms with Crippen LogP contribution in [0.25, 0.3) is 0 Å². The lowest BCUT2D eigenvalue weighted by atomic mass is 10.0. The van der Waals surface area contributed by atoms with E-state index >= 15 is 0 Å². The molecular formula is C8H16N. The summed E-state index contributed by atoms with van der Waals surface area (Å²) in [5.41, 5.74) is 5.45. The molecule has 1 saturated carbocycles. The van der Waals surface area contributed by atoms with E-state index in [9.17, 15) is 0 Å². The summed E-state index contributed by atoms with van der Waals surface area (Å²) in [4.78, 5) is 0. The lowest BCUT2D eigenvalue weighted by Crippen LogP contribution is -2.05.